The Kier molecular flexibility index (Phi) is 21.7. The summed E-state index contributed by atoms with van der Waals surface area (Å²) in [6.07, 6.45) is 5.15. The summed E-state index contributed by atoms with van der Waals surface area (Å²) < 4.78 is 26.4. The van der Waals surface area contributed by atoms with Crippen LogP contribution in [-0.4, -0.2) is 137 Å². The molecule has 77 heavy (non-hydrogen) atoms. The summed E-state index contributed by atoms with van der Waals surface area (Å²) in [6.45, 7) is 9.64. The van der Waals surface area contributed by atoms with E-state index >= 15 is 0 Å². The molecule has 0 radical (unpaired) electrons. The third kappa shape index (κ3) is 17.8. The van der Waals surface area contributed by atoms with Crippen LogP contribution in [0.25, 0.3) is 0 Å². The average molecular weight is 1150 g/mol. The van der Waals surface area contributed by atoms with E-state index in [0.717, 1.165) is 158 Å². The zero-order valence-corrected chi connectivity index (χ0v) is 46.8. The smallest absolute Gasteiger partial charge is 0.309 e. The Morgan fingerprint density at radius 3 is 1.27 bits per heavy atom. The predicted molar refractivity (Wildman–Crippen MR) is 302 cm³/mol. The number of ether oxygens (including phenoxy) is 5. The molecule has 0 unspecified atom stereocenters. The van der Waals surface area contributed by atoms with E-state index in [0.29, 0.717) is 23.1 Å². The van der Waals surface area contributed by atoms with Crippen LogP contribution in [0.15, 0.2) is 102 Å². The number of carbonyl (C=O) groups is 4. The molecule has 4 aromatic carbocycles. The van der Waals surface area contributed by atoms with Crippen molar-refractivity contribution in [3.63, 3.8) is 0 Å². The van der Waals surface area contributed by atoms with Gasteiger partial charge in [-0.1, -0.05) is 93.6 Å². The van der Waals surface area contributed by atoms with Crippen molar-refractivity contribution in [3.8, 4) is 0 Å². The van der Waals surface area contributed by atoms with Crippen molar-refractivity contribution < 1.29 is 42.9 Å². The molecule has 2 amide bonds. The van der Waals surface area contributed by atoms with Crippen LogP contribution in [0.5, 0.6) is 0 Å². The van der Waals surface area contributed by atoms with Crippen LogP contribution in [0.1, 0.15) is 69.8 Å². The van der Waals surface area contributed by atoms with Crippen molar-refractivity contribution in [2.75, 3.05) is 118 Å². The Morgan fingerprint density at radius 1 is 0.532 bits per heavy atom. The summed E-state index contributed by atoms with van der Waals surface area (Å²) >= 11 is 6.22. The lowest BCUT2D eigenvalue weighted by Crippen LogP contribution is -2.36. The Balaban J connectivity index is 0.000000219. The first-order chi connectivity index (χ1) is 37.6. The summed E-state index contributed by atoms with van der Waals surface area (Å²) in [6, 6.07) is 31.9. The number of hydrogen-bond donors (Lipinski definition) is 2. The zero-order chi connectivity index (χ0) is 53.8. The lowest BCUT2D eigenvalue weighted by atomic mass is 9.82. The molecule has 2 atom stereocenters. The number of carbonyl (C=O) groups excluding carboxylic acids is 4. The van der Waals surface area contributed by atoms with Crippen LogP contribution in [0.3, 0.4) is 0 Å². The molecule has 0 bridgehead atoms. The number of hydrogen-bond acceptors (Lipinski definition) is 18. The second-order valence-corrected chi connectivity index (χ2v) is 21.8. The van der Waals surface area contributed by atoms with Crippen molar-refractivity contribution in [1.29, 1.82) is 0 Å². The highest BCUT2D eigenvalue weighted by Gasteiger charge is 2.30. The van der Waals surface area contributed by atoms with Crippen LogP contribution in [0.4, 0.5) is 27.3 Å². The second kappa shape index (κ2) is 29.4. The molecule has 6 aromatic rings. The van der Waals surface area contributed by atoms with Crippen molar-refractivity contribution in [2.45, 2.75) is 63.2 Å². The maximum Gasteiger partial charge on any atom is 0.309 e. The molecule has 1 aliphatic carbocycles. The van der Waals surface area contributed by atoms with Crippen LogP contribution in [-0.2, 0) is 68.5 Å². The predicted octanol–water partition coefficient (Wildman–Crippen LogP) is 8.27. The maximum absolute atomic E-state index is 12.9. The maximum atomic E-state index is 12.9. The number of aromatic nitrogens is 4. The Morgan fingerprint density at radius 2 is 0.896 bits per heavy atom. The van der Waals surface area contributed by atoms with Gasteiger partial charge < -0.3 is 49.0 Å². The molecule has 21 heteroatoms. The summed E-state index contributed by atoms with van der Waals surface area (Å²) in [7, 11) is 2.80. The highest BCUT2D eigenvalue weighted by atomic mass is 79.9. The first-order valence-corrected chi connectivity index (χ1v) is 28.4. The van der Waals surface area contributed by atoms with E-state index in [1.165, 1.54) is 36.9 Å². The van der Waals surface area contributed by atoms with Gasteiger partial charge in [0.1, 0.15) is 10.0 Å². The molecular formula is C56H66BrN9O9S2. The lowest BCUT2D eigenvalue weighted by molar-refractivity contribution is -0.140. The van der Waals surface area contributed by atoms with Crippen molar-refractivity contribution in [1.82, 2.24) is 20.4 Å². The van der Waals surface area contributed by atoms with E-state index in [2.05, 4.69) is 101 Å². The van der Waals surface area contributed by atoms with Gasteiger partial charge in [0.05, 0.1) is 79.5 Å². The molecule has 2 aromatic heterocycles. The van der Waals surface area contributed by atoms with Gasteiger partial charge in [0.2, 0.25) is 22.1 Å². The van der Waals surface area contributed by atoms with Crippen molar-refractivity contribution >= 4 is 89.7 Å². The lowest BCUT2D eigenvalue weighted by Gasteiger charge is -2.29. The minimum Gasteiger partial charge on any atom is -0.469 e. The van der Waals surface area contributed by atoms with E-state index in [1.54, 1.807) is 0 Å². The SMILES string of the molecule is COC(=O)Cc1cccc(Br)c1.COC(=O)Cc1cccc(N2CCOCC2)c1.O=C(Cc1cccc(N2CCOCC2)c1)Nc1nnc([C@H]2CCC[C@H](c3nnc(NC(=O)Cc4cccc(N5CCOCC5)c4)s3)C2)s1. The summed E-state index contributed by atoms with van der Waals surface area (Å²) in [5, 5.41) is 26.3. The van der Waals surface area contributed by atoms with Crippen molar-refractivity contribution in [2.24, 2.45) is 0 Å². The fourth-order valence-electron chi connectivity index (χ4n) is 9.41. The van der Waals surface area contributed by atoms with Gasteiger partial charge in [0, 0.05) is 72.6 Å². The van der Waals surface area contributed by atoms with Crippen molar-refractivity contribution in [3.05, 3.63) is 134 Å². The molecule has 18 nitrogen and oxygen atoms in total. The van der Waals surface area contributed by atoms with Gasteiger partial charge in [-0.2, -0.15) is 0 Å². The number of halogens is 1. The number of esters is 2. The van der Waals surface area contributed by atoms with E-state index in [1.807, 2.05) is 66.7 Å². The normalized spacial score (nSPS) is 17.4. The first kappa shape index (κ1) is 56.8. The number of anilines is 5. The molecule has 2 N–H and O–H groups in total. The van der Waals surface area contributed by atoms with Crippen LogP contribution in [0.2, 0.25) is 0 Å². The molecule has 10 rings (SSSR count). The molecule has 0 spiro atoms. The topological polar surface area (TPSA) is 200 Å². The van der Waals surface area contributed by atoms with Gasteiger partial charge in [-0.05, 0) is 90.0 Å². The quantitative estimate of drug-likeness (QED) is 0.0931. The average Bonchev–Trinajstić information content (AvgIpc) is 4.15. The molecule has 408 valence electrons. The Bertz CT molecular complexity index is 2750. The van der Waals surface area contributed by atoms with Crippen LogP contribution >= 0.6 is 38.6 Å². The zero-order valence-electron chi connectivity index (χ0n) is 43.5. The van der Waals surface area contributed by atoms with Gasteiger partial charge in [0.25, 0.3) is 0 Å². The van der Waals surface area contributed by atoms with E-state index < -0.39 is 0 Å². The fourth-order valence-corrected chi connectivity index (χ4v) is 11.7. The van der Waals surface area contributed by atoms with Crippen LogP contribution < -0.4 is 25.3 Å². The number of nitrogens with zero attached hydrogens (tertiary/aromatic N) is 7. The molecule has 1 saturated carbocycles. The van der Waals surface area contributed by atoms with Crippen LogP contribution in [0, 0.1) is 0 Å². The molecule has 3 saturated heterocycles. The molecule has 3 aliphatic heterocycles. The number of nitrogens with one attached hydrogen (secondary N) is 2. The first-order valence-electron chi connectivity index (χ1n) is 26.0. The van der Waals surface area contributed by atoms with E-state index in [9.17, 15) is 19.2 Å². The third-order valence-electron chi connectivity index (χ3n) is 13.4. The van der Waals surface area contributed by atoms with Gasteiger partial charge in [-0.15, -0.1) is 20.4 Å². The minimum absolute atomic E-state index is 0.105. The van der Waals surface area contributed by atoms with Gasteiger partial charge in [-0.3, -0.25) is 19.2 Å². The molecular weight excluding hydrogens is 1090 g/mol. The number of amides is 2. The Hall–Kier alpha value is -6.36. The summed E-state index contributed by atoms with van der Waals surface area (Å²) in [5.41, 5.74) is 7.24. The molecule has 5 heterocycles. The molecule has 4 fully saturated rings. The summed E-state index contributed by atoms with van der Waals surface area (Å²) in [4.78, 5) is 54.7. The highest BCUT2D eigenvalue weighted by molar-refractivity contribution is 9.10. The summed E-state index contributed by atoms with van der Waals surface area (Å²) in [5.74, 6) is -0.161. The van der Waals surface area contributed by atoms with Gasteiger partial charge in [-0.25, -0.2) is 0 Å². The van der Waals surface area contributed by atoms with E-state index in [-0.39, 0.29) is 48.4 Å². The standard InChI is InChI=1S/C34H40N8O4S2.C13H17NO3.C9H9BrO2/c43-29(20-23-4-1-8-27(18-23)41-10-14-45-15-11-41)35-33-39-37-31(47-33)25-6-3-7-26(22-25)32-38-40-34(48-32)36-30(44)21-24-5-2-9-28(19-24)42-12-16-46-17-13-42;1-16-13(15)10-11-3-2-4-12(9-11)14-5-7-17-8-6-14;1-12-9(11)6-7-3-2-4-8(10)5-7/h1-2,4-5,8-9,18-19,25-26H,3,6-7,10-17,20-22H2,(H,35,39,43)(H,36,40,44);2-4,9H,5-8,10H2,1H3;2-5H,6H2,1H3/t25-,26-;;/m0../s1. The minimum atomic E-state index is -0.215. The monoisotopic (exact) mass is 1150 g/mol. The Labute approximate surface area is 465 Å². The van der Waals surface area contributed by atoms with Gasteiger partial charge in [0.15, 0.2) is 0 Å². The number of rotatable bonds is 15. The second-order valence-electron chi connectivity index (χ2n) is 18.8. The number of morpholine rings is 3. The van der Waals surface area contributed by atoms with E-state index in [4.69, 9.17) is 14.2 Å². The fraction of sp³-hybridized carbons (Fsp3) is 0.429. The largest absolute Gasteiger partial charge is 0.469 e. The van der Waals surface area contributed by atoms with Gasteiger partial charge >= 0.3 is 11.9 Å². The number of benzene rings is 4. The number of methoxy groups -OCH3 is 2. The third-order valence-corrected chi connectivity index (χ3v) is 15.9. The molecule has 4 aliphatic rings. The highest BCUT2D eigenvalue weighted by Crippen LogP contribution is 2.43.